The molecule has 13 nitrogen and oxygen atoms in total. The fraction of sp³-hybridized carbons (Fsp3) is 0.738. The van der Waals surface area contributed by atoms with Crippen LogP contribution in [0.1, 0.15) is 110 Å². The molecule has 0 bridgehead atoms. The van der Waals surface area contributed by atoms with Crippen molar-refractivity contribution in [2.24, 2.45) is 52.1 Å². The topological polar surface area (TPSA) is 215 Å². The minimum atomic E-state index is -1.14. The first-order chi connectivity index (χ1) is 26.1. The number of carbonyl (C=O) groups excluding carboxylic acids is 4. The number of ether oxygens (including phenoxy) is 2. The molecule has 0 aromatic heterocycles. The Morgan fingerprint density at radius 3 is 2.27 bits per heavy atom. The molecular weight excluding hydrogens is 742 g/mol. The van der Waals surface area contributed by atoms with Gasteiger partial charge < -0.3 is 41.2 Å². The Labute approximate surface area is 337 Å². The molecule has 1 aromatic carbocycles. The maximum atomic E-state index is 13.8. The summed E-state index contributed by atoms with van der Waals surface area (Å²) >= 11 is 0. The van der Waals surface area contributed by atoms with E-state index in [1.165, 1.54) is 7.11 Å². The third-order valence-electron chi connectivity index (χ3n) is 14.4. The van der Waals surface area contributed by atoms with Crippen molar-refractivity contribution < 1.29 is 48.8 Å². The van der Waals surface area contributed by atoms with Crippen LogP contribution in [0.5, 0.6) is 0 Å². The average molecular weight is 806 g/mol. The standard InChI is InChI=1S/C42H63N3O10.ClH/c1-24(10-16-36(50)54-4)28-11-12-29-38-30(22-34(47)42(28,29)3)41(2)19-18-27(20-26(41)21-33(38)46)44-40(53)32(45-39(52)31(43)13-15-35(48)49)14-17-37(51)55-23-25-8-6-5-7-9-25;/h5-9,24,26-34,38,46-47H,10-23,43H2,1-4H3,(H,44,53)(H,45,52)(H,48,49);1H/t24?,26-,27-,28+,29-,30-,31?,32?,33+,34-,38-,41-,42+;/m0./s1. The van der Waals surface area contributed by atoms with Gasteiger partial charge in [0.2, 0.25) is 11.8 Å². The van der Waals surface area contributed by atoms with E-state index in [0.717, 1.165) is 24.8 Å². The van der Waals surface area contributed by atoms with E-state index in [4.69, 9.17) is 20.3 Å². The lowest BCUT2D eigenvalue weighted by molar-refractivity contribution is -0.202. The van der Waals surface area contributed by atoms with E-state index in [2.05, 4.69) is 31.4 Å². The second kappa shape index (κ2) is 19.5. The zero-order valence-corrected chi connectivity index (χ0v) is 34.1. The number of nitrogens with two attached hydrogens (primary N) is 1. The van der Waals surface area contributed by atoms with Gasteiger partial charge in [-0.15, -0.1) is 12.4 Å². The zero-order chi connectivity index (χ0) is 40.1. The molecule has 4 saturated carbocycles. The summed E-state index contributed by atoms with van der Waals surface area (Å²) in [5.41, 5.74) is 6.29. The minimum absolute atomic E-state index is 0. The number of hydrogen-bond donors (Lipinski definition) is 6. The number of aliphatic hydroxyl groups is 2. The van der Waals surface area contributed by atoms with Crippen LogP contribution in [0.4, 0.5) is 0 Å². The number of rotatable bonds is 16. The molecule has 0 aliphatic heterocycles. The SMILES string of the molecule is COC(=O)CCC(C)[C@H]1CC[C@H]2[C@@H]3[C@H](O)C[C@@H]4C[C@@H](NC(=O)C(CCC(=O)OCc5ccccc5)NC(=O)C(N)CCC(=O)O)CC[C@]4(C)[C@H]3C[C@H](O)[C@]12C.Cl. The van der Waals surface area contributed by atoms with Crippen molar-refractivity contribution in [1.29, 1.82) is 0 Å². The van der Waals surface area contributed by atoms with E-state index >= 15 is 0 Å². The van der Waals surface area contributed by atoms with Gasteiger partial charge in [0.05, 0.1) is 25.4 Å². The van der Waals surface area contributed by atoms with Crippen LogP contribution in [0.15, 0.2) is 30.3 Å². The van der Waals surface area contributed by atoms with Gasteiger partial charge in [0.25, 0.3) is 0 Å². The Bertz CT molecular complexity index is 1530. The predicted octanol–water partition coefficient (Wildman–Crippen LogP) is 4.28. The van der Waals surface area contributed by atoms with Crippen LogP contribution < -0.4 is 16.4 Å². The smallest absolute Gasteiger partial charge is 0.306 e. The molecule has 5 rings (SSSR count). The van der Waals surface area contributed by atoms with Gasteiger partial charge in [-0.3, -0.25) is 24.0 Å². The number of benzene rings is 1. The molecule has 1 aromatic rings. The maximum Gasteiger partial charge on any atom is 0.306 e. The first kappa shape index (κ1) is 45.4. The first-order valence-electron chi connectivity index (χ1n) is 20.3. The number of carbonyl (C=O) groups is 5. The fourth-order valence-electron chi connectivity index (χ4n) is 11.3. The van der Waals surface area contributed by atoms with E-state index in [-0.39, 0.29) is 103 Å². The summed E-state index contributed by atoms with van der Waals surface area (Å²) in [5.74, 6) is -2.05. The predicted molar refractivity (Wildman–Crippen MR) is 210 cm³/mol. The molecule has 4 aliphatic rings. The number of carboxylic acid groups (broad SMARTS) is 1. The fourth-order valence-corrected chi connectivity index (χ4v) is 11.3. The Balaban J connectivity index is 0.00000696. The monoisotopic (exact) mass is 805 g/mol. The lowest BCUT2D eigenvalue weighted by atomic mass is 9.43. The molecule has 0 spiro atoms. The number of hydrogen-bond acceptors (Lipinski definition) is 10. The third kappa shape index (κ3) is 10.1. The summed E-state index contributed by atoms with van der Waals surface area (Å²) in [5, 5.41) is 38.7. The van der Waals surface area contributed by atoms with E-state index in [9.17, 15) is 34.2 Å². The van der Waals surface area contributed by atoms with Crippen LogP contribution in [-0.2, 0) is 40.1 Å². The highest BCUT2D eigenvalue weighted by Crippen LogP contribution is 2.68. The van der Waals surface area contributed by atoms with Crippen LogP contribution >= 0.6 is 12.4 Å². The third-order valence-corrected chi connectivity index (χ3v) is 14.4. The van der Waals surface area contributed by atoms with Crippen LogP contribution in [0.2, 0.25) is 0 Å². The Morgan fingerprint density at radius 1 is 0.893 bits per heavy atom. The minimum Gasteiger partial charge on any atom is -0.481 e. The van der Waals surface area contributed by atoms with Crippen LogP contribution in [-0.4, -0.2) is 82.5 Å². The highest BCUT2D eigenvalue weighted by atomic mass is 35.5. The number of amides is 2. The van der Waals surface area contributed by atoms with Gasteiger partial charge in [0.1, 0.15) is 12.6 Å². The molecule has 0 radical (unpaired) electrons. The van der Waals surface area contributed by atoms with Gasteiger partial charge in [-0.05, 0) is 116 Å². The first-order valence-corrected chi connectivity index (χ1v) is 20.3. The van der Waals surface area contributed by atoms with Gasteiger partial charge >= 0.3 is 17.9 Å². The number of nitrogens with one attached hydrogen (secondary N) is 2. The second-order valence-electron chi connectivity index (χ2n) is 17.5. The molecule has 0 heterocycles. The van der Waals surface area contributed by atoms with Crippen molar-refractivity contribution in [1.82, 2.24) is 10.6 Å². The number of aliphatic hydroxyl groups excluding tert-OH is 2. The quantitative estimate of drug-likeness (QED) is 0.130. The summed E-state index contributed by atoms with van der Waals surface area (Å²) in [7, 11) is 1.40. The van der Waals surface area contributed by atoms with Gasteiger partial charge in [-0.2, -0.15) is 0 Å². The summed E-state index contributed by atoms with van der Waals surface area (Å²) in [6.45, 7) is 6.75. The van der Waals surface area contributed by atoms with Gasteiger partial charge in [-0.1, -0.05) is 51.1 Å². The number of carboxylic acids is 1. The molecule has 7 N–H and O–H groups in total. The summed E-state index contributed by atoms with van der Waals surface area (Å²) in [6, 6.07) is 6.72. The molecule has 56 heavy (non-hydrogen) atoms. The van der Waals surface area contributed by atoms with E-state index in [1.54, 1.807) is 0 Å². The normalized spacial score (nSPS) is 33.5. The molecule has 0 saturated heterocycles. The number of fused-ring (bicyclic) bond motifs is 5. The molecule has 4 aliphatic carbocycles. The maximum absolute atomic E-state index is 13.8. The van der Waals surface area contributed by atoms with Crippen molar-refractivity contribution in [2.75, 3.05) is 7.11 Å². The highest BCUT2D eigenvalue weighted by Gasteiger charge is 2.65. The van der Waals surface area contributed by atoms with Crippen molar-refractivity contribution in [3.63, 3.8) is 0 Å². The summed E-state index contributed by atoms with van der Waals surface area (Å²) < 4.78 is 10.3. The molecule has 14 heteroatoms. The molecule has 314 valence electrons. The van der Waals surface area contributed by atoms with Crippen LogP contribution in [0, 0.1) is 46.3 Å². The molecule has 4 fully saturated rings. The van der Waals surface area contributed by atoms with Crippen LogP contribution in [0.25, 0.3) is 0 Å². The highest BCUT2D eigenvalue weighted by molar-refractivity contribution is 5.90. The van der Waals surface area contributed by atoms with E-state index < -0.39 is 48.0 Å². The number of halogens is 1. The lowest BCUT2D eigenvalue weighted by Crippen LogP contribution is -2.63. The Morgan fingerprint density at radius 2 is 1.59 bits per heavy atom. The molecule has 2 amide bonds. The van der Waals surface area contributed by atoms with Crippen molar-refractivity contribution in [3.05, 3.63) is 35.9 Å². The van der Waals surface area contributed by atoms with Gasteiger partial charge in [0, 0.05) is 25.3 Å². The molecular formula is C42H64ClN3O10. The summed E-state index contributed by atoms with van der Waals surface area (Å²) in [6.07, 6.45) is 4.62. The number of methoxy groups -OCH3 is 1. The molecule has 3 unspecified atom stereocenters. The van der Waals surface area contributed by atoms with Crippen LogP contribution in [0.3, 0.4) is 0 Å². The van der Waals surface area contributed by atoms with Gasteiger partial charge in [-0.25, -0.2) is 0 Å². The van der Waals surface area contributed by atoms with Gasteiger partial charge in [0.15, 0.2) is 0 Å². The zero-order valence-electron chi connectivity index (χ0n) is 33.3. The van der Waals surface area contributed by atoms with Crippen molar-refractivity contribution in [2.45, 2.75) is 141 Å². The van der Waals surface area contributed by atoms with Crippen molar-refractivity contribution in [3.8, 4) is 0 Å². The number of aliphatic carboxylic acids is 1. The Hall–Kier alpha value is -3.26. The van der Waals surface area contributed by atoms with E-state index in [0.29, 0.717) is 38.5 Å². The number of esters is 2. The average Bonchev–Trinajstić information content (AvgIpc) is 3.52. The Kier molecular flexibility index (Phi) is 15.8. The molecule has 13 atom stereocenters. The van der Waals surface area contributed by atoms with E-state index in [1.807, 2.05) is 30.3 Å². The largest absolute Gasteiger partial charge is 0.481 e. The van der Waals surface area contributed by atoms with Crippen molar-refractivity contribution >= 4 is 42.1 Å². The second-order valence-corrected chi connectivity index (χ2v) is 17.5. The summed E-state index contributed by atoms with van der Waals surface area (Å²) in [4.78, 5) is 62.5. The lowest BCUT2D eigenvalue weighted by Gasteiger charge is -2.63.